The number of hydrogen-bond donors (Lipinski definition) is 1. The zero-order valence-electron chi connectivity index (χ0n) is 9.18. The summed E-state index contributed by atoms with van der Waals surface area (Å²) in [4.78, 5) is 0. The number of ether oxygens (including phenoxy) is 1. The Bertz CT molecular complexity index is 121. The lowest BCUT2D eigenvalue weighted by Gasteiger charge is -2.06. The standard InChI is InChI=1S/C11H23NO/c1-4-5-9-13-10-8-12-7-6-11(2)3/h4-5,11-12H,6-10H2,1-3H3. The molecule has 2 nitrogen and oxygen atoms in total. The smallest absolute Gasteiger partial charge is 0.0647 e. The molecule has 0 aliphatic heterocycles. The molecule has 0 spiro atoms. The predicted molar refractivity (Wildman–Crippen MR) is 58.0 cm³/mol. The van der Waals surface area contributed by atoms with Gasteiger partial charge in [-0.1, -0.05) is 26.0 Å². The van der Waals surface area contributed by atoms with Gasteiger partial charge in [-0.25, -0.2) is 0 Å². The Morgan fingerprint density at radius 3 is 2.69 bits per heavy atom. The van der Waals surface area contributed by atoms with Crippen molar-refractivity contribution in [3.05, 3.63) is 12.2 Å². The van der Waals surface area contributed by atoms with Crippen LogP contribution in [0, 0.1) is 5.92 Å². The van der Waals surface area contributed by atoms with Crippen molar-refractivity contribution < 1.29 is 4.74 Å². The highest BCUT2D eigenvalue weighted by molar-refractivity contribution is 4.75. The second-order valence-corrected chi connectivity index (χ2v) is 3.58. The first-order chi connectivity index (χ1) is 6.27. The lowest BCUT2D eigenvalue weighted by atomic mass is 10.1. The average molecular weight is 185 g/mol. The molecule has 0 aromatic heterocycles. The molecule has 0 radical (unpaired) electrons. The first kappa shape index (κ1) is 12.7. The van der Waals surface area contributed by atoms with Crippen molar-refractivity contribution in [2.45, 2.75) is 27.2 Å². The van der Waals surface area contributed by atoms with Crippen molar-refractivity contribution in [2.24, 2.45) is 5.92 Å². The van der Waals surface area contributed by atoms with Crippen LogP contribution in [0.25, 0.3) is 0 Å². The molecule has 1 N–H and O–H groups in total. The molecule has 78 valence electrons. The van der Waals surface area contributed by atoms with Gasteiger partial charge < -0.3 is 10.1 Å². The van der Waals surface area contributed by atoms with Crippen molar-refractivity contribution in [1.29, 1.82) is 0 Å². The van der Waals surface area contributed by atoms with Crippen LogP contribution in [-0.2, 0) is 4.74 Å². The van der Waals surface area contributed by atoms with Crippen LogP contribution in [0.4, 0.5) is 0 Å². The van der Waals surface area contributed by atoms with Crippen molar-refractivity contribution in [2.75, 3.05) is 26.3 Å². The van der Waals surface area contributed by atoms with Crippen LogP contribution in [0.5, 0.6) is 0 Å². The SMILES string of the molecule is CC=CCOCCNCCC(C)C. The molecular formula is C11H23NO. The van der Waals surface area contributed by atoms with E-state index in [9.17, 15) is 0 Å². The minimum Gasteiger partial charge on any atom is -0.376 e. The summed E-state index contributed by atoms with van der Waals surface area (Å²) in [7, 11) is 0. The zero-order chi connectivity index (χ0) is 9.94. The summed E-state index contributed by atoms with van der Waals surface area (Å²) in [5, 5.41) is 3.34. The Kier molecular flexibility index (Phi) is 9.49. The molecule has 0 saturated heterocycles. The summed E-state index contributed by atoms with van der Waals surface area (Å²) in [6.07, 6.45) is 5.27. The second kappa shape index (κ2) is 9.75. The summed E-state index contributed by atoms with van der Waals surface area (Å²) in [6, 6.07) is 0. The molecule has 0 aromatic rings. The van der Waals surface area contributed by atoms with Crippen molar-refractivity contribution >= 4 is 0 Å². The van der Waals surface area contributed by atoms with Gasteiger partial charge in [-0.05, 0) is 25.8 Å². The third-order valence-corrected chi connectivity index (χ3v) is 1.77. The van der Waals surface area contributed by atoms with E-state index in [0.29, 0.717) is 0 Å². The molecule has 0 aliphatic carbocycles. The molecule has 2 heteroatoms. The quantitative estimate of drug-likeness (QED) is 0.462. The van der Waals surface area contributed by atoms with E-state index < -0.39 is 0 Å². The Morgan fingerprint density at radius 2 is 2.08 bits per heavy atom. The Balaban J connectivity index is 2.91. The number of hydrogen-bond acceptors (Lipinski definition) is 2. The topological polar surface area (TPSA) is 21.3 Å². The summed E-state index contributed by atoms with van der Waals surface area (Å²) in [5.74, 6) is 0.788. The van der Waals surface area contributed by atoms with E-state index in [1.807, 2.05) is 19.1 Å². The van der Waals surface area contributed by atoms with Crippen LogP contribution >= 0.6 is 0 Å². The Morgan fingerprint density at radius 1 is 1.31 bits per heavy atom. The van der Waals surface area contributed by atoms with Crippen molar-refractivity contribution in [3.8, 4) is 0 Å². The Labute approximate surface area is 82.4 Å². The molecule has 0 heterocycles. The van der Waals surface area contributed by atoms with Crippen LogP contribution in [-0.4, -0.2) is 26.3 Å². The average Bonchev–Trinajstić information content (AvgIpc) is 2.09. The predicted octanol–water partition coefficient (Wildman–Crippen LogP) is 2.21. The number of allylic oxidation sites excluding steroid dienone is 1. The van der Waals surface area contributed by atoms with E-state index in [2.05, 4.69) is 19.2 Å². The Hall–Kier alpha value is -0.340. The first-order valence-corrected chi connectivity index (χ1v) is 5.17. The van der Waals surface area contributed by atoms with Gasteiger partial charge in [0.25, 0.3) is 0 Å². The monoisotopic (exact) mass is 185 g/mol. The minimum atomic E-state index is 0.738. The molecule has 0 aliphatic rings. The lowest BCUT2D eigenvalue weighted by Crippen LogP contribution is -2.21. The summed E-state index contributed by atoms with van der Waals surface area (Å²) >= 11 is 0. The molecule has 13 heavy (non-hydrogen) atoms. The van der Waals surface area contributed by atoms with E-state index in [1.165, 1.54) is 6.42 Å². The lowest BCUT2D eigenvalue weighted by molar-refractivity contribution is 0.163. The van der Waals surface area contributed by atoms with E-state index in [1.54, 1.807) is 0 Å². The van der Waals surface area contributed by atoms with Gasteiger partial charge in [0.15, 0.2) is 0 Å². The van der Waals surface area contributed by atoms with Gasteiger partial charge in [-0.3, -0.25) is 0 Å². The fourth-order valence-electron chi connectivity index (χ4n) is 0.908. The number of nitrogens with one attached hydrogen (secondary N) is 1. The molecule has 0 saturated carbocycles. The maximum absolute atomic E-state index is 5.33. The van der Waals surface area contributed by atoms with Crippen LogP contribution < -0.4 is 5.32 Å². The van der Waals surface area contributed by atoms with Gasteiger partial charge in [-0.15, -0.1) is 0 Å². The highest BCUT2D eigenvalue weighted by Crippen LogP contribution is 1.95. The van der Waals surface area contributed by atoms with E-state index >= 15 is 0 Å². The van der Waals surface area contributed by atoms with E-state index in [-0.39, 0.29) is 0 Å². The fourth-order valence-corrected chi connectivity index (χ4v) is 0.908. The van der Waals surface area contributed by atoms with Crippen LogP contribution in [0.3, 0.4) is 0 Å². The van der Waals surface area contributed by atoms with Gasteiger partial charge in [0.2, 0.25) is 0 Å². The van der Waals surface area contributed by atoms with E-state index in [4.69, 9.17) is 4.74 Å². The van der Waals surface area contributed by atoms with Gasteiger partial charge in [0.1, 0.15) is 0 Å². The molecule has 0 amide bonds. The van der Waals surface area contributed by atoms with Gasteiger partial charge >= 0.3 is 0 Å². The molecule has 0 rings (SSSR count). The van der Waals surface area contributed by atoms with Crippen molar-refractivity contribution in [1.82, 2.24) is 5.32 Å². The van der Waals surface area contributed by atoms with Crippen LogP contribution in [0.15, 0.2) is 12.2 Å². The third kappa shape index (κ3) is 11.7. The van der Waals surface area contributed by atoms with Gasteiger partial charge in [0, 0.05) is 6.54 Å². The van der Waals surface area contributed by atoms with Crippen molar-refractivity contribution in [3.63, 3.8) is 0 Å². The van der Waals surface area contributed by atoms with Gasteiger partial charge in [0.05, 0.1) is 13.2 Å². The minimum absolute atomic E-state index is 0.738. The maximum Gasteiger partial charge on any atom is 0.0647 e. The molecule has 0 bridgehead atoms. The zero-order valence-corrected chi connectivity index (χ0v) is 9.18. The highest BCUT2D eigenvalue weighted by atomic mass is 16.5. The normalized spacial score (nSPS) is 11.7. The molecular weight excluding hydrogens is 162 g/mol. The van der Waals surface area contributed by atoms with Gasteiger partial charge in [-0.2, -0.15) is 0 Å². The first-order valence-electron chi connectivity index (χ1n) is 5.17. The highest BCUT2D eigenvalue weighted by Gasteiger charge is 1.92. The summed E-state index contributed by atoms with van der Waals surface area (Å²) in [5.41, 5.74) is 0. The molecule has 0 aromatic carbocycles. The molecule has 0 atom stereocenters. The third-order valence-electron chi connectivity index (χ3n) is 1.77. The summed E-state index contributed by atoms with van der Waals surface area (Å²) < 4.78 is 5.33. The van der Waals surface area contributed by atoms with E-state index in [0.717, 1.165) is 32.2 Å². The fraction of sp³-hybridized carbons (Fsp3) is 0.818. The molecule has 0 fully saturated rings. The second-order valence-electron chi connectivity index (χ2n) is 3.58. The largest absolute Gasteiger partial charge is 0.376 e. The summed E-state index contributed by atoms with van der Waals surface area (Å²) in [6.45, 7) is 10.1. The van der Waals surface area contributed by atoms with Crippen LogP contribution in [0.1, 0.15) is 27.2 Å². The molecule has 0 unspecified atom stereocenters. The maximum atomic E-state index is 5.33. The number of rotatable bonds is 8. The van der Waals surface area contributed by atoms with Crippen LogP contribution in [0.2, 0.25) is 0 Å².